The van der Waals surface area contributed by atoms with E-state index in [0.717, 1.165) is 31.9 Å². The van der Waals surface area contributed by atoms with Gasteiger partial charge in [-0.3, -0.25) is 0 Å². The SMILES string of the molecule is CCC1CN(c2nnnn2C)CCC1N. The molecule has 0 saturated carbocycles. The number of hydrogen-bond acceptors (Lipinski definition) is 5. The molecule has 1 aliphatic rings. The van der Waals surface area contributed by atoms with E-state index in [1.165, 1.54) is 0 Å². The summed E-state index contributed by atoms with van der Waals surface area (Å²) in [6.07, 6.45) is 2.13. The van der Waals surface area contributed by atoms with Crippen LogP contribution in [0.5, 0.6) is 0 Å². The topological polar surface area (TPSA) is 72.9 Å². The van der Waals surface area contributed by atoms with E-state index >= 15 is 0 Å². The van der Waals surface area contributed by atoms with Crippen molar-refractivity contribution in [3.8, 4) is 0 Å². The largest absolute Gasteiger partial charge is 0.339 e. The molecule has 15 heavy (non-hydrogen) atoms. The van der Waals surface area contributed by atoms with E-state index in [-0.39, 0.29) is 0 Å². The van der Waals surface area contributed by atoms with Crippen molar-refractivity contribution in [3.63, 3.8) is 0 Å². The molecule has 0 amide bonds. The molecule has 84 valence electrons. The van der Waals surface area contributed by atoms with E-state index in [1.807, 2.05) is 7.05 Å². The summed E-state index contributed by atoms with van der Waals surface area (Å²) in [6.45, 7) is 4.10. The first-order valence-electron chi connectivity index (χ1n) is 5.45. The molecule has 6 heteroatoms. The van der Waals surface area contributed by atoms with Crippen LogP contribution in [0.15, 0.2) is 0 Å². The molecule has 1 aliphatic heterocycles. The highest BCUT2D eigenvalue weighted by molar-refractivity contribution is 5.29. The van der Waals surface area contributed by atoms with Crippen molar-refractivity contribution >= 4 is 5.95 Å². The van der Waals surface area contributed by atoms with Crippen molar-refractivity contribution in [2.75, 3.05) is 18.0 Å². The third kappa shape index (κ3) is 1.94. The monoisotopic (exact) mass is 210 g/mol. The Morgan fingerprint density at radius 1 is 1.53 bits per heavy atom. The molecule has 1 aromatic heterocycles. The number of rotatable bonds is 2. The lowest BCUT2D eigenvalue weighted by molar-refractivity contribution is 0.343. The molecule has 2 rings (SSSR count). The van der Waals surface area contributed by atoms with Gasteiger partial charge < -0.3 is 10.6 Å². The third-order valence-electron chi connectivity index (χ3n) is 3.20. The second kappa shape index (κ2) is 4.14. The molecule has 0 bridgehead atoms. The summed E-state index contributed by atoms with van der Waals surface area (Å²) in [5.74, 6) is 1.40. The van der Waals surface area contributed by atoms with Gasteiger partial charge in [-0.1, -0.05) is 18.4 Å². The molecule has 2 atom stereocenters. The molecule has 2 unspecified atom stereocenters. The second-order valence-electron chi connectivity index (χ2n) is 4.17. The van der Waals surface area contributed by atoms with Gasteiger partial charge in [0, 0.05) is 26.2 Å². The smallest absolute Gasteiger partial charge is 0.245 e. The number of aryl methyl sites for hydroxylation is 1. The number of nitrogens with two attached hydrogens (primary N) is 1. The summed E-state index contributed by atoms with van der Waals surface area (Å²) in [7, 11) is 1.87. The fourth-order valence-electron chi connectivity index (χ4n) is 2.16. The summed E-state index contributed by atoms with van der Waals surface area (Å²) in [4.78, 5) is 2.22. The zero-order chi connectivity index (χ0) is 10.8. The van der Waals surface area contributed by atoms with Gasteiger partial charge in [-0.2, -0.15) is 0 Å². The zero-order valence-corrected chi connectivity index (χ0v) is 9.30. The van der Waals surface area contributed by atoms with Crippen molar-refractivity contribution in [1.82, 2.24) is 20.2 Å². The Bertz CT molecular complexity index is 322. The van der Waals surface area contributed by atoms with Crippen LogP contribution in [0.1, 0.15) is 19.8 Å². The van der Waals surface area contributed by atoms with Gasteiger partial charge in [-0.05, 0) is 22.8 Å². The standard InChI is InChI=1S/C9H18N6/c1-3-7-6-15(5-4-8(7)10)9-11-12-13-14(9)2/h7-8H,3-6,10H2,1-2H3. The van der Waals surface area contributed by atoms with Crippen LogP contribution in [0.4, 0.5) is 5.95 Å². The summed E-state index contributed by atoms with van der Waals surface area (Å²) in [5.41, 5.74) is 6.06. The van der Waals surface area contributed by atoms with Crippen molar-refractivity contribution in [1.29, 1.82) is 0 Å². The first-order chi connectivity index (χ1) is 7.22. The molecule has 1 aromatic rings. The van der Waals surface area contributed by atoms with Crippen LogP contribution < -0.4 is 10.6 Å². The molecule has 2 heterocycles. The minimum atomic E-state index is 0.326. The average molecular weight is 210 g/mol. The molecule has 0 radical (unpaired) electrons. The van der Waals surface area contributed by atoms with Crippen molar-refractivity contribution in [2.24, 2.45) is 18.7 Å². The maximum Gasteiger partial charge on any atom is 0.245 e. The highest BCUT2D eigenvalue weighted by atomic mass is 15.6. The van der Waals surface area contributed by atoms with Crippen LogP contribution in [0.2, 0.25) is 0 Å². The molecule has 0 aromatic carbocycles. The molecule has 6 nitrogen and oxygen atoms in total. The van der Waals surface area contributed by atoms with E-state index in [1.54, 1.807) is 4.68 Å². The maximum absolute atomic E-state index is 6.06. The Balaban J connectivity index is 2.09. The van der Waals surface area contributed by atoms with Crippen LogP contribution in [-0.2, 0) is 7.05 Å². The molecular formula is C9H18N6. The summed E-state index contributed by atoms with van der Waals surface area (Å²) in [6, 6.07) is 0.326. The fourth-order valence-corrected chi connectivity index (χ4v) is 2.16. The highest BCUT2D eigenvalue weighted by Gasteiger charge is 2.27. The van der Waals surface area contributed by atoms with Gasteiger partial charge in [0.05, 0.1) is 0 Å². The zero-order valence-electron chi connectivity index (χ0n) is 9.30. The first kappa shape index (κ1) is 10.4. The van der Waals surface area contributed by atoms with Gasteiger partial charge in [0.15, 0.2) is 0 Å². The minimum Gasteiger partial charge on any atom is -0.339 e. The summed E-state index contributed by atoms with van der Waals surface area (Å²) in [5, 5.41) is 11.5. The van der Waals surface area contributed by atoms with Crippen LogP contribution in [0.25, 0.3) is 0 Å². The summed E-state index contributed by atoms with van der Waals surface area (Å²) >= 11 is 0. The van der Waals surface area contributed by atoms with Crippen molar-refractivity contribution in [3.05, 3.63) is 0 Å². The Hall–Kier alpha value is -1.17. The number of aromatic nitrogens is 4. The summed E-state index contributed by atoms with van der Waals surface area (Å²) < 4.78 is 1.71. The number of nitrogens with zero attached hydrogens (tertiary/aromatic N) is 5. The number of tetrazole rings is 1. The van der Waals surface area contributed by atoms with E-state index in [2.05, 4.69) is 27.3 Å². The Morgan fingerprint density at radius 2 is 2.33 bits per heavy atom. The average Bonchev–Trinajstić information content (AvgIpc) is 2.65. The van der Waals surface area contributed by atoms with Gasteiger partial charge in [0.2, 0.25) is 5.95 Å². The van der Waals surface area contributed by atoms with Gasteiger partial charge >= 0.3 is 0 Å². The maximum atomic E-state index is 6.06. The number of hydrogen-bond donors (Lipinski definition) is 1. The molecular weight excluding hydrogens is 192 g/mol. The molecule has 1 fully saturated rings. The highest BCUT2D eigenvalue weighted by Crippen LogP contribution is 2.21. The quantitative estimate of drug-likeness (QED) is 0.730. The third-order valence-corrected chi connectivity index (χ3v) is 3.20. The molecule has 0 spiro atoms. The number of piperidine rings is 1. The Morgan fingerprint density at radius 3 is 2.93 bits per heavy atom. The first-order valence-corrected chi connectivity index (χ1v) is 5.45. The van der Waals surface area contributed by atoms with E-state index in [0.29, 0.717) is 12.0 Å². The van der Waals surface area contributed by atoms with Gasteiger partial charge in [-0.25, -0.2) is 4.68 Å². The molecule has 0 aliphatic carbocycles. The molecule has 1 saturated heterocycles. The van der Waals surface area contributed by atoms with Gasteiger partial charge in [0.25, 0.3) is 0 Å². The molecule has 2 N–H and O–H groups in total. The minimum absolute atomic E-state index is 0.326. The Labute approximate surface area is 89.4 Å². The predicted molar refractivity (Wildman–Crippen MR) is 57.4 cm³/mol. The normalized spacial score (nSPS) is 27.0. The van der Waals surface area contributed by atoms with E-state index in [4.69, 9.17) is 5.73 Å². The lowest BCUT2D eigenvalue weighted by Gasteiger charge is -2.36. The van der Waals surface area contributed by atoms with Gasteiger partial charge in [0.1, 0.15) is 0 Å². The van der Waals surface area contributed by atoms with Crippen LogP contribution in [0, 0.1) is 5.92 Å². The lowest BCUT2D eigenvalue weighted by Crippen LogP contribution is -2.47. The Kier molecular flexibility index (Phi) is 2.86. The van der Waals surface area contributed by atoms with Crippen LogP contribution >= 0.6 is 0 Å². The second-order valence-corrected chi connectivity index (χ2v) is 4.17. The lowest BCUT2D eigenvalue weighted by atomic mass is 9.91. The van der Waals surface area contributed by atoms with Crippen molar-refractivity contribution in [2.45, 2.75) is 25.8 Å². The van der Waals surface area contributed by atoms with E-state index in [9.17, 15) is 0 Å². The predicted octanol–water partition coefficient (Wildman–Crippen LogP) is -0.226. The van der Waals surface area contributed by atoms with Gasteiger partial charge in [-0.15, -0.1) is 0 Å². The van der Waals surface area contributed by atoms with Crippen molar-refractivity contribution < 1.29 is 0 Å². The van der Waals surface area contributed by atoms with Crippen LogP contribution in [-0.4, -0.2) is 39.3 Å². The number of anilines is 1. The fraction of sp³-hybridized carbons (Fsp3) is 0.889. The van der Waals surface area contributed by atoms with Crippen LogP contribution in [0.3, 0.4) is 0 Å². The van der Waals surface area contributed by atoms with E-state index < -0.39 is 0 Å².